The van der Waals surface area contributed by atoms with E-state index >= 15 is 0 Å². The van der Waals surface area contributed by atoms with Gasteiger partial charge in [-0.25, -0.2) is 19.7 Å². The van der Waals surface area contributed by atoms with E-state index in [9.17, 15) is 18.0 Å². The summed E-state index contributed by atoms with van der Waals surface area (Å²) in [5, 5.41) is 2.14. The van der Waals surface area contributed by atoms with Crippen LogP contribution in [-0.4, -0.2) is 45.3 Å². The van der Waals surface area contributed by atoms with Crippen molar-refractivity contribution in [2.75, 3.05) is 28.7 Å². The van der Waals surface area contributed by atoms with Gasteiger partial charge in [0.1, 0.15) is 18.1 Å². The second kappa shape index (κ2) is 8.70. The molecule has 4 aromatic rings. The molecule has 1 N–H and O–H groups in total. The quantitative estimate of drug-likeness (QED) is 0.418. The third kappa shape index (κ3) is 4.25. The summed E-state index contributed by atoms with van der Waals surface area (Å²) >= 11 is 0. The van der Waals surface area contributed by atoms with Gasteiger partial charge in [-0.2, -0.15) is 18.2 Å². The lowest BCUT2D eigenvalue weighted by Gasteiger charge is -2.36. The SMILES string of the molecule is [2H]C([2H])([2H])Oc1ccc(N2C(=O)N(c3ccc4nc(C)n(C)c4c3)Cc3cnc(NCC(F)(F)F)nc32)cc1. The zero-order valence-electron chi connectivity index (χ0n) is 22.2. The molecule has 0 radical (unpaired) electrons. The first-order chi connectivity index (χ1) is 18.3. The van der Waals surface area contributed by atoms with E-state index in [1.807, 2.05) is 24.6 Å². The van der Waals surface area contributed by atoms with Crippen LogP contribution >= 0.6 is 0 Å². The number of imidazole rings is 1. The number of ether oxygens (including phenoxy) is 1. The number of benzene rings is 2. The Hall–Kier alpha value is -4.35. The fourth-order valence-electron chi connectivity index (χ4n) is 3.98. The predicted molar refractivity (Wildman–Crippen MR) is 129 cm³/mol. The number of aromatic nitrogens is 4. The molecule has 0 atom stereocenters. The number of nitrogens with zero attached hydrogens (tertiary/aromatic N) is 6. The van der Waals surface area contributed by atoms with E-state index in [1.54, 1.807) is 12.1 Å². The fraction of sp³-hybridized carbons (Fsp3) is 0.250. The Kier molecular flexibility index (Phi) is 4.81. The smallest absolute Gasteiger partial charge is 0.405 e. The number of aryl methyl sites for hydroxylation is 2. The molecule has 0 aliphatic carbocycles. The Morgan fingerprint density at radius 1 is 1.14 bits per heavy atom. The fourth-order valence-corrected chi connectivity index (χ4v) is 3.98. The van der Waals surface area contributed by atoms with Gasteiger partial charge in [-0.3, -0.25) is 4.90 Å². The van der Waals surface area contributed by atoms with Crippen LogP contribution in [0.25, 0.3) is 11.0 Å². The van der Waals surface area contributed by atoms with Gasteiger partial charge in [0.2, 0.25) is 5.95 Å². The number of anilines is 4. The number of amides is 2. The molecule has 186 valence electrons. The van der Waals surface area contributed by atoms with Crippen LogP contribution in [0, 0.1) is 6.92 Å². The van der Waals surface area contributed by atoms with Gasteiger partial charge >= 0.3 is 12.2 Å². The summed E-state index contributed by atoms with van der Waals surface area (Å²) in [5.41, 5.74) is 2.91. The molecule has 5 rings (SSSR count). The summed E-state index contributed by atoms with van der Waals surface area (Å²) in [4.78, 5) is 29.3. The zero-order valence-corrected chi connectivity index (χ0v) is 19.2. The molecule has 0 saturated carbocycles. The molecule has 1 aliphatic heterocycles. The first kappa shape index (κ1) is 19.9. The van der Waals surface area contributed by atoms with Crippen LogP contribution in [0.4, 0.5) is 41.1 Å². The highest BCUT2D eigenvalue weighted by atomic mass is 19.4. The Balaban J connectivity index is 1.57. The molecule has 0 spiro atoms. The van der Waals surface area contributed by atoms with Crippen molar-refractivity contribution < 1.29 is 26.8 Å². The molecule has 3 heterocycles. The molecule has 1 aliphatic rings. The number of nitrogens with one attached hydrogen (secondary N) is 1. The summed E-state index contributed by atoms with van der Waals surface area (Å²) in [7, 11) is -0.804. The van der Waals surface area contributed by atoms with Gasteiger partial charge in [0.15, 0.2) is 5.82 Å². The highest BCUT2D eigenvalue weighted by molar-refractivity contribution is 6.10. The van der Waals surface area contributed by atoms with Crippen molar-refractivity contribution in [3.05, 3.63) is 60.0 Å². The Bertz CT molecular complexity index is 1560. The lowest BCUT2D eigenvalue weighted by molar-refractivity contribution is -0.115. The molecular formula is C24H22F3N7O2. The van der Waals surface area contributed by atoms with Crippen LogP contribution in [0.15, 0.2) is 48.7 Å². The molecule has 36 heavy (non-hydrogen) atoms. The van der Waals surface area contributed by atoms with Crippen molar-refractivity contribution in [1.29, 1.82) is 0 Å². The maximum absolute atomic E-state index is 13.9. The number of carbonyl (C=O) groups is 1. The Labute approximate surface area is 208 Å². The van der Waals surface area contributed by atoms with Gasteiger partial charge in [-0.1, -0.05) is 0 Å². The van der Waals surface area contributed by atoms with Crippen molar-refractivity contribution in [3.63, 3.8) is 0 Å². The Morgan fingerprint density at radius 3 is 2.61 bits per heavy atom. The molecular weight excluding hydrogens is 475 g/mol. The molecule has 0 unspecified atom stereocenters. The maximum atomic E-state index is 13.9. The van der Waals surface area contributed by atoms with Crippen molar-refractivity contribution >= 4 is 40.2 Å². The standard InChI is InChI=1S/C24H22F3N7O2/c1-14-30-19-9-6-17(10-20(19)32(14)2)33-12-15-11-28-22(29-13-24(25,26)27)31-21(15)34(23(33)35)16-4-7-18(36-3)8-5-16/h4-11H,12-13H2,1-3H3,(H,28,29,31)/i3D3. The molecule has 9 nitrogen and oxygen atoms in total. The van der Waals surface area contributed by atoms with Crippen LogP contribution < -0.4 is 19.9 Å². The highest BCUT2D eigenvalue weighted by Crippen LogP contribution is 2.37. The van der Waals surface area contributed by atoms with Crippen LogP contribution in [0.1, 0.15) is 15.5 Å². The Morgan fingerprint density at radius 2 is 1.89 bits per heavy atom. The summed E-state index contributed by atoms with van der Waals surface area (Å²) in [6.45, 7) is 0.578. The molecule has 2 amide bonds. The topological polar surface area (TPSA) is 88.4 Å². The number of hydrogen-bond acceptors (Lipinski definition) is 6. The first-order valence-corrected chi connectivity index (χ1v) is 10.8. The number of methoxy groups -OCH3 is 1. The van der Waals surface area contributed by atoms with E-state index in [2.05, 4.69) is 20.3 Å². The molecule has 12 heteroatoms. The van der Waals surface area contributed by atoms with Crippen LogP contribution in [0.3, 0.4) is 0 Å². The van der Waals surface area contributed by atoms with Gasteiger partial charge in [-0.15, -0.1) is 0 Å². The van der Waals surface area contributed by atoms with E-state index in [1.165, 1.54) is 40.3 Å². The van der Waals surface area contributed by atoms with Crippen LogP contribution in [0.5, 0.6) is 5.75 Å². The van der Waals surface area contributed by atoms with E-state index in [4.69, 9.17) is 8.85 Å². The molecule has 0 fully saturated rings. The summed E-state index contributed by atoms with van der Waals surface area (Å²) in [6.07, 6.45) is -3.13. The third-order valence-corrected chi connectivity index (χ3v) is 5.86. The second-order valence-electron chi connectivity index (χ2n) is 8.20. The lowest BCUT2D eigenvalue weighted by Crippen LogP contribution is -2.45. The molecule has 0 saturated heterocycles. The summed E-state index contributed by atoms with van der Waals surface area (Å²) < 4.78 is 67.0. The van der Waals surface area contributed by atoms with Gasteiger partial charge in [0, 0.05) is 24.5 Å². The molecule has 2 aromatic heterocycles. The van der Waals surface area contributed by atoms with E-state index in [0.717, 1.165) is 16.9 Å². The number of hydrogen-bond donors (Lipinski definition) is 1. The van der Waals surface area contributed by atoms with Gasteiger partial charge in [-0.05, 0) is 49.4 Å². The van der Waals surface area contributed by atoms with Crippen LogP contribution in [-0.2, 0) is 13.6 Å². The molecule has 2 aromatic carbocycles. The number of halogens is 3. The number of rotatable bonds is 5. The summed E-state index contributed by atoms with van der Waals surface area (Å²) in [6, 6.07) is 10.5. The van der Waals surface area contributed by atoms with Crippen LogP contribution in [0.2, 0.25) is 0 Å². The first-order valence-electron chi connectivity index (χ1n) is 12.3. The van der Waals surface area contributed by atoms with Gasteiger partial charge in [0.05, 0.1) is 34.4 Å². The van der Waals surface area contributed by atoms with Gasteiger partial charge in [0.25, 0.3) is 0 Å². The minimum absolute atomic E-state index is 0.0486. The van der Waals surface area contributed by atoms with Crippen molar-refractivity contribution in [3.8, 4) is 5.75 Å². The number of carbonyl (C=O) groups excluding carboxylic acids is 1. The predicted octanol–water partition coefficient (Wildman–Crippen LogP) is 4.93. The van der Waals surface area contributed by atoms with Gasteiger partial charge < -0.3 is 14.6 Å². The number of urea groups is 1. The van der Waals surface area contributed by atoms with E-state index in [0.29, 0.717) is 16.9 Å². The lowest BCUT2D eigenvalue weighted by atomic mass is 10.1. The van der Waals surface area contributed by atoms with Crippen molar-refractivity contribution in [2.24, 2.45) is 7.05 Å². The summed E-state index contributed by atoms with van der Waals surface area (Å²) in [5.74, 6) is 0.641. The number of alkyl halides is 3. The maximum Gasteiger partial charge on any atom is 0.405 e. The van der Waals surface area contributed by atoms with E-state index < -0.39 is 25.8 Å². The van der Waals surface area contributed by atoms with Crippen molar-refractivity contribution in [2.45, 2.75) is 19.6 Å². The minimum atomic E-state index is -4.49. The molecule has 0 bridgehead atoms. The third-order valence-electron chi connectivity index (χ3n) is 5.86. The van der Waals surface area contributed by atoms with Crippen molar-refractivity contribution in [1.82, 2.24) is 19.5 Å². The number of fused-ring (bicyclic) bond motifs is 2. The average molecular weight is 500 g/mol. The average Bonchev–Trinajstić information content (AvgIpc) is 3.14. The largest absolute Gasteiger partial charge is 0.497 e. The highest BCUT2D eigenvalue weighted by Gasteiger charge is 2.35. The monoisotopic (exact) mass is 500 g/mol. The van der Waals surface area contributed by atoms with E-state index in [-0.39, 0.29) is 24.1 Å². The minimum Gasteiger partial charge on any atom is -0.497 e. The second-order valence-corrected chi connectivity index (χ2v) is 8.20. The normalized spacial score (nSPS) is 15.4. The zero-order chi connectivity index (χ0) is 28.1.